The third-order valence-electron chi connectivity index (χ3n) is 5.30. The highest BCUT2D eigenvalue weighted by molar-refractivity contribution is 5.95. The lowest BCUT2D eigenvalue weighted by Gasteiger charge is -2.27. The van der Waals surface area contributed by atoms with E-state index >= 15 is 0 Å². The van der Waals surface area contributed by atoms with Crippen LogP contribution in [0.3, 0.4) is 0 Å². The lowest BCUT2D eigenvalue weighted by atomic mass is 10.0. The van der Waals surface area contributed by atoms with Crippen LogP contribution in [-0.2, 0) is 7.05 Å². The summed E-state index contributed by atoms with van der Waals surface area (Å²) in [5.41, 5.74) is 5.35. The van der Waals surface area contributed by atoms with Gasteiger partial charge < -0.3 is 4.90 Å². The number of pyridine rings is 1. The average molecular weight is 358 g/mol. The van der Waals surface area contributed by atoms with Gasteiger partial charge in [-0.3, -0.25) is 9.78 Å². The van der Waals surface area contributed by atoms with Crippen molar-refractivity contribution < 1.29 is 0 Å². The van der Waals surface area contributed by atoms with Crippen LogP contribution in [0.5, 0.6) is 0 Å². The first-order chi connectivity index (χ1) is 13.3. The summed E-state index contributed by atoms with van der Waals surface area (Å²) in [6, 6.07) is 10.6. The Morgan fingerprint density at radius 3 is 2.67 bits per heavy atom. The van der Waals surface area contributed by atoms with Crippen LogP contribution in [0.15, 0.2) is 48.9 Å². The number of aryl methyl sites for hydroxylation is 1. The molecule has 0 saturated carbocycles. The van der Waals surface area contributed by atoms with Gasteiger partial charge >= 0.3 is 0 Å². The molecule has 0 bridgehead atoms. The molecule has 3 aromatic heterocycles. The van der Waals surface area contributed by atoms with Crippen molar-refractivity contribution in [3.8, 4) is 22.4 Å². The number of piperidine rings is 1. The molecule has 136 valence electrons. The summed E-state index contributed by atoms with van der Waals surface area (Å²) in [5, 5.41) is 13.2. The van der Waals surface area contributed by atoms with E-state index in [1.54, 1.807) is 0 Å². The normalized spacial score (nSPS) is 14.8. The van der Waals surface area contributed by atoms with Gasteiger partial charge in [-0.15, -0.1) is 0 Å². The molecule has 0 atom stereocenters. The molecular formula is C21H22N6. The third kappa shape index (κ3) is 2.97. The molecule has 0 amide bonds. The van der Waals surface area contributed by atoms with Crippen LogP contribution in [-0.4, -0.2) is 38.1 Å². The minimum absolute atomic E-state index is 0.969. The van der Waals surface area contributed by atoms with E-state index in [1.165, 1.54) is 19.3 Å². The largest absolute Gasteiger partial charge is 0.357 e. The van der Waals surface area contributed by atoms with Gasteiger partial charge in [0, 0.05) is 49.0 Å². The molecule has 1 aliphatic heterocycles. The molecule has 1 saturated heterocycles. The minimum Gasteiger partial charge on any atom is -0.357 e. The molecule has 6 heteroatoms. The monoisotopic (exact) mass is 358 g/mol. The number of benzene rings is 1. The maximum Gasteiger partial charge on any atom is 0.129 e. The predicted octanol–water partition coefficient (Wildman–Crippen LogP) is 4.02. The van der Waals surface area contributed by atoms with Crippen LogP contribution in [0.2, 0.25) is 0 Å². The maximum atomic E-state index is 4.60. The molecule has 27 heavy (non-hydrogen) atoms. The summed E-state index contributed by atoms with van der Waals surface area (Å²) in [7, 11) is 1.93. The van der Waals surface area contributed by atoms with E-state index in [0.29, 0.717) is 0 Å². The summed E-state index contributed by atoms with van der Waals surface area (Å²) in [5.74, 6) is 1.05. The number of nitrogens with zero attached hydrogens (tertiary/aromatic N) is 5. The molecule has 1 N–H and O–H groups in total. The van der Waals surface area contributed by atoms with Gasteiger partial charge in [-0.1, -0.05) is 6.07 Å². The average Bonchev–Trinajstić information content (AvgIpc) is 3.34. The molecule has 0 spiro atoms. The number of hydrogen-bond donors (Lipinski definition) is 1. The summed E-state index contributed by atoms with van der Waals surface area (Å²) >= 11 is 0. The molecule has 6 nitrogen and oxygen atoms in total. The number of rotatable bonds is 3. The second-order valence-corrected chi connectivity index (χ2v) is 7.19. The number of fused-ring (bicyclic) bond motifs is 1. The first-order valence-electron chi connectivity index (χ1n) is 9.46. The fourth-order valence-electron chi connectivity index (χ4n) is 3.85. The second kappa shape index (κ2) is 6.54. The Balaban J connectivity index is 1.56. The van der Waals surface area contributed by atoms with E-state index in [4.69, 9.17) is 0 Å². The quantitative estimate of drug-likeness (QED) is 0.601. The smallest absolute Gasteiger partial charge is 0.129 e. The number of anilines is 1. The van der Waals surface area contributed by atoms with Gasteiger partial charge in [0.25, 0.3) is 0 Å². The highest BCUT2D eigenvalue weighted by Crippen LogP contribution is 2.31. The van der Waals surface area contributed by atoms with E-state index in [-0.39, 0.29) is 0 Å². The third-order valence-corrected chi connectivity index (χ3v) is 5.30. The first kappa shape index (κ1) is 16.1. The van der Waals surface area contributed by atoms with Crippen LogP contribution in [0.4, 0.5) is 5.82 Å². The molecule has 0 unspecified atom stereocenters. The SMILES string of the molecule is Cn1cc(-c2ccc3[nH]nc(-c4ccnc(N5CCCCC5)c4)c3c2)cn1. The van der Waals surface area contributed by atoms with Crippen molar-refractivity contribution in [3.05, 3.63) is 48.9 Å². The Bertz CT molecular complexity index is 1090. The van der Waals surface area contributed by atoms with Crippen LogP contribution in [0, 0.1) is 0 Å². The lowest BCUT2D eigenvalue weighted by molar-refractivity contribution is 0.573. The Labute approximate surface area is 157 Å². The number of nitrogens with one attached hydrogen (secondary N) is 1. The van der Waals surface area contributed by atoms with Crippen LogP contribution in [0.1, 0.15) is 19.3 Å². The molecule has 4 heterocycles. The van der Waals surface area contributed by atoms with E-state index in [2.05, 4.69) is 49.4 Å². The van der Waals surface area contributed by atoms with Crippen LogP contribution in [0.25, 0.3) is 33.3 Å². The van der Waals surface area contributed by atoms with Crippen LogP contribution >= 0.6 is 0 Å². The van der Waals surface area contributed by atoms with Crippen molar-refractivity contribution in [3.63, 3.8) is 0 Å². The first-order valence-corrected chi connectivity index (χ1v) is 9.46. The van der Waals surface area contributed by atoms with E-state index in [9.17, 15) is 0 Å². The highest BCUT2D eigenvalue weighted by Gasteiger charge is 2.15. The fourth-order valence-corrected chi connectivity index (χ4v) is 3.85. The molecular weight excluding hydrogens is 336 g/mol. The molecule has 1 aromatic carbocycles. The Morgan fingerprint density at radius 1 is 0.963 bits per heavy atom. The summed E-state index contributed by atoms with van der Waals surface area (Å²) in [6.07, 6.45) is 9.61. The summed E-state index contributed by atoms with van der Waals surface area (Å²) in [4.78, 5) is 6.98. The van der Waals surface area contributed by atoms with Crippen molar-refractivity contribution in [2.45, 2.75) is 19.3 Å². The van der Waals surface area contributed by atoms with E-state index < -0.39 is 0 Å². The van der Waals surface area contributed by atoms with Gasteiger partial charge in [0.2, 0.25) is 0 Å². The molecule has 0 radical (unpaired) electrons. The van der Waals surface area contributed by atoms with E-state index in [1.807, 2.05) is 36.4 Å². The number of H-pyrrole nitrogens is 1. The molecule has 0 aliphatic carbocycles. The van der Waals surface area contributed by atoms with Gasteiger partial charge in [-0.05, 0) is 49.1 Å². The zero-order valence-corrected chi connectivity index (χ0v) is 15.4. The Morgan fingerprint density at radius 2 is 1.85 bits per heavy atom. The van der Waals surface area contributed by atoms with Gasteiger partial charge in [-0.2, -0.15) is 10.2 Å². The number of aromatic amines is 1. The zero-order chi connectivity index (χ0) is 18.2. The molecule has 1 aliphatic rings. The number of aromatic nitrogens is 5. The fraction of sp³-hybridized carbons (Fsp3) is 0.286. The predicted molar refractivity (Wildman–Crippen MR) is 108 cm³/mol. The van der Waals surface area contributed by atoms with Crippen molar-refractivity contribution in [2.24, 2.45) is 7.05 Å². The zero-order valence-electron chi connectivity index (χ0n) is 15.4. The molecule has 4 aromatic rings. The lowest BCUT2D eigenvalue weighted by Crippen LogP contribution is -2.30. The van der Waals surface area contributed by atoms with Crippen molar-refractivity contribution >= 4 is 16.7 Å². The topological polar surface area (TPSA) is 62.6 Å². The van der Waals surface area contributed by atoms with Crippen molar-refractivity contribution in [1.82, 2.24) is 25.0 Å². The van der Waals surface area contributed by atoms with Gasteiger partial charge in [0.05, 0.1) is 11.7 Å². The Hall–Kier alpha value is -3.15. The minimum atomic E-state index is 0.969. The summed E-state index contributed by atoms with van der Waals surface area (Å²) in [6.45, 7) is 2.17. The van der Waals surface area contributed by atoms with Gasteiger partial charge in [0.1, 0.15) is 11.5 Å². The standard InChI is InChI=1S/C21H22N6/c1-26-14-17(13-23-26)15-5-6-19-18(11-15)21(25-24-19)16-7-8-22-20(12-16)27-9-3-2-4-10-27/h5-8,11-14H,2-4,9-10H2,1H3,(H,24,25). The van der Waals surface area contributed by atoms with Gasteiger partial charge in [0.15, 0.2) is 0 Å². The number of hydrogen-bond acceptors (Lipinski definition) is 4. The van der Waals surface area contributed by atoms with Crippen molar-refractivity contribution in [2.75, 3.05) is 18.0 Å². The van der Waals surface area contributed by atoms with Gasteiger partial charge in [-0.25, -0.2) is 4.98 Å². The van der Waals surface area contributed by atoms with Crippen molar-refractivity contribution in [1.29, 1.82) is 0 Å². The van der Waals surface area contributed by atoms with Crippen LogP contribution < -0.4 is 4.90 Å². The Kier molecular flexibility index (Phi) is 3.89. The second-order valence-electron chi connectivity index (χ2n) is 7.19. The molecule has 1 fully saturated rings. The van der Waals surface area contributed by atoms with E-state index in [0.717, 1.165) is 52.2 Å². The summed E-state index contributed by atoms with van der Waals surface area (Å²) < 4.78 is 1.82. The maximum absolute atomic E-state index is 4.60. The molecule has 5 rings (SSSR count). The highest BCUT2D eigenvalue weighted by atomic mass is 15.2.